The van der Waals surface area contributed by atoms with E-state index in [-0.39, 0.29) is 34.0 Å². The predicted molar refractivity (Wildman–Crippen MR) is 102 cm³/mol. The second-order valence-electron chi connectivity index (χ2n) is 6.44. The number of nitro benzene ring substituents is 1. The fourth-order valence-corrected chi connectivity index (χ4v) is 3.26. The van der Waals surface area contributed by atoms with Gasteiger partial charge in [0.05, 0.1) is 17.6 Å². The number of methoxy groups -OCH3 is 1. The quantitative estimate of drug-likeness (QED) is 0.282. The van der Waals surface area contributed by atoms with E-state index in [2.05, 4.69) is 20.8 Å². The largest absolute Gasteiger partial charge is 0.464 e. The Morgan fingerprint density at radius 2 is 1.97 bits per heavy atom. The highest BCUT2D eigenvalue weighted by Crippen LogP contribution is 2.37. The summed E-state index contributed by atoms with van der Waals surface area (Å²) in [4.78, 5) is 36.6. The molecule has 0 radical (unpaired) electrons. The Morgan fingerprint density at radius 3 is 2.65 bits per heavy atom. The predicted octanol–water partition coefficient (Wildman–Crippen LogP) is 2.05. The number of ketones is 1. The van der Waals surface area contributed by atoms with Gasteiger partial charge in [-0.2, -0.15) is 4.68 Å². The Labute approximate surface area is 173 Å². The van der Waals surface area contributed by atoms with Gasteiger partial charge in [0.25, 0.3) is 5.69 Å². The Morgan fingerprint density at radius 1 is 1.23 bits per heavy atom. The lowest BCUT2D eigenvalue weighted by molar-refractivity contribution is -0.384. The van der Waals surface area contributed by atoms with E-state index in [1.807, 2.05) is 0 Å². The molecular weight excluding hydrogens is 411 g/mol. The van der Waals surface area contributed by atoms with Crippen LogP contribution in [0.1, 0.15) is 22.0 Å². The van der Waals surface area contributed by atoms with Crippen molar-refractivity contribution in [3.05, 3.63) is 86.9 Å². The minimum atomic E-state index is -1.09. The number of ether oxygens (including phenoxy) is 1. The number of nitrogens with zero attached hydrogens (tertiary/aromatic N) is 5. The SMILES string of the molecule is COC(=O)C1=C(C(=O)c2ccc(F)cc2)[C@@H](c2cccc([N+](=O)[O-])c2)n2nnnc2N1. The smallest absolute Gasteiger partial charge is 0.355 e. The van der Waals surface area contributed by atoms with Crippen molar-refractivity contribution in [1.82, 2.24) is 20.2 Å². The molecule has 11 nitrogen and oxygen atoms in total. The first kappa shape index (κ1) is 19.8. The molecule has 12 heteroatoms. The highest BCUT2D eigenvalue weighted by molar-refractivity contribution is 6.14. The number of hydrogen-bond acceptors (Lipinski definition) is 9. The molecule has 2 aromatic carbocycles. The summed E-state index contributed by atoms with van der Waals surface area (Å²) in [6.07, 6.45) is 0. The van der Waals surface area contributed by atoms with E-state index in [1.54, 1.807) is 6.07 Å². The number of hydrogen-bond donors (Lipinski definition) is 1. The van der Waals surface area contributed by atoms with Crippen molar-refractivity contribution >= 4 is 23.4 Å². The minimum absolute atomic E-state index is 0.0348. The molecule has 3 aromatic rings. The molecule has 156 valence electrons. The van der Waals surface area contributed by atoms with Crippen LogP contribution in [0.25, 0.3) is 0 Å². The molecule has 0 amide bonds. The summed E-state index contributed by atoms with van der Waals surface area (Å²) in [5.41, 5.74) is -0.184. The topological polar surface area (TPSA) is 142 Å². The van der Waals surface area contributed by atoms with E-state index in [9.17, 15) is 24.1 Å². The molecule has 1 N–H and O–H groups in total. The zero-order valence-electron chi connectivity index (χ0n) is 15.9. The first-order chi connectivity index (χ1) is 14.9. The summed E-state index contributed by atoms with van der Waals surface area (Å²) in [5, 5.41) is 25.2. The number of carbonyl (C=O) groups is 2. The summed E-state index contributed by atoms with van der Waals surface area (Å²) in [7, 11) is 1.14. The van der Waals surface area contributed by atoms with Crippen molar-refractivity contribution in [2.45, 2.75) is 6.04 Å². The number of halogens is 1. The van der Waals surface area contributed by atoms with Gasteiger partial charge in [0.2, 0.25) is 5.95 Å². The third-order valence-electron chi connectivity index (χ3n) is 4.65. The summed E-state index contributed by atoms with van der Waals surface area (Å²) in [5.74, 6) is -2.01. The molecule has 0 fully saturated rings. The molecule has 1 aromatic heterocycles. The maximum absolute atomic E-state index is 13.4. The fourth-order valence-electron chi connectivity index (χ4n) is 3.26. The van der Waals surface area contributed by atoms with Crippen molar-refractivity contribution in [3.63, 3.8) is 0 Å². The van der Waals surface area contributed by atoms with Gasteiger partial charge in [-0.3, -0.25) is 14.9 Å². The molecule has 31 heavy (non-hydrogen) atoms. The monoisotopic (exact) mass is 424 g/mol. The van der Waals surface area contributed by atoms with Crippen LogP contribution in [0, 0.1) is 15.9 Å². The second-order valence-corrected chi connectivity index (χ2v) is 6.44. The number of allylic oxidation sites excluding steroid dienone is 1. The van der Waals surface area contributed by atoms with Crippen LogP contribution in [-0.4, -0.2) is 44.0 Å². The lowest BCUT2D eigenvalue weighted by atomic mass is 9.89. The van der Waals surface area contributed by atoms with E-state index < -0.39 is 28.5 Å². The van der Waals surface area contributed by atoms with Crippen LogP contribution < -0.4 is 5.32 Å². The lowest BCUT2D eigenvalue weighted by Crippen LogP contribution is -2.33. The van der Waals surface area contributed by atoms with Crippen LogP contribution in [0.15, 0.2) is 59.8 Å². The maximum Gasteiger partial charge on any atom is 0.355 e. The number of nitro groups is 1. The number of anilines is 1. The third-order valence-corrected chi connectivity index (χ3v) is 4.65. The maximum atomic E-state index is 13.4. The Balaban J connectivity index is 1.96. The molecule has 0 aliphatic carbocycles. The molecule has 0 saturated carbocycles. The third kappa shape index (κ3) is 3.50. The molecule has 2 heterocycles. The summed E-state index contributed by atoms with van der Waals surface area (Å²) < 4.78 is 19.4. The number of rotatable bonds is 5. The number of non-ortho nitro benzene ring substituents is 1. The van der Waals surface area contributed by atoms with Gasteiger partial charge in [0, 0.05) is 17.7 Å². The molecule has 1 aliphatic rings. The number of esters is 1. The summed E-state index contributed by atoms with van der Waals surface area (Å²) in [6, 6.07) is 9.18. The van der Waals surface area contributed by atoms with Crippen molar-refractivity contribution in [3.8, 4) is 0 Å². The number of tetrazole rings is 1. The standard InChI is InChI=1S/C19H13FN6O5/c1-31-18(28)15-14(17(27)10-5-7-12(20)8-6-10)16(25-19(21-15)22-23-24-25)11-3-2-4-13(9-11)26(29)30/h2-9,16H,1H3,(H,21,22,24)/t16-/m1/s1. The molecular formula is C19H13FN6O5. The Bertz CT molecular complexity index is 1240. The molecule has 4 rings (SSSR count). The van der Waals surface area contributed by atoms with Gasteiger partial charge >= 0.3 is 5.97 Å². The highest BCUT2D eigenvalue weighted by atomic mass is 19.1. The number of nitrogens with one attached hydrogen (secondary N) is 1. The number of fused-ring (bicyclic) bond motifs is 1. The Hall–Kier alpha value is -4.48. The number of carbonyl (C=O) groups excluding carboxylic acids is 2. The molecule has 0 bridgehead atoms. The van der Waals surface area contributed by atoms with Crippen LogP contribution in [0.5, 0.6) is 0 Å². The van der Waals surface area contributed by atoms with E-state index in [0.717, 1.165) is 19.2 Å². The van der Waals surface area contributed by atoms with Crippen LogP contribution in [0.3, 0.4) is 0 Å². The van der Waals surface area contributed by atoms with Gasteiger partial charge in [0.15, 0.2) is 5.78 Å². The van der Waals surface area contributed by atoms with Crippen molar-refractivity contribution in [1.29, 1.82) is 0 Å². The van der Waals surface area contributed by atoms with E-state index >= 15 is 0 Å². The fraction of sp³-hybridized carbons (Fsp3) is 0.105. The van der Waals surface area contributed by atoms with E-state index in [0.29, 0.717) is 0 Å². The van der Waals surface area contributed by atoms with Crippen molar-refractivity contribution < 1.29 is 23.6 Å². The zero-order chi connectivity index (χ0) is 22.1. The van der Waals surface area contributed by atoms with Gasteiger partial charge in [0.1, 0.15) is 17.6 Å². The van der Waals surface area contributed by atoms with Gasteiger partial charge in [-0.25, -0.2) is 9.18 Å². The van der Waals surface area contributed by atoms with Gasteiger partial charge in [-0.1, -0.05) is 17.2 Å². The van der Waals surface area contributed by atoms with Crippen molar-refractivity contribution in [2.75, 3.05) is 12.4 Å². The number of benzene rings is 2. The highest BCUT2D eigenvalue weighted by Gasteiger charge is 2.39. The zero-order valence-corrected chi connectivity index (χ0v) is 15.9. The van der Waals surface area contributed by atoms with Crippen LogP contribution >= 0.6 is 0 Å². The molecule has 0 saturated heterocycles. The average Bonchev–Trinajstić information content (AvgIpc) is 3.25. The first-order valence-electron chi connectivity index (χ1n) is 8.82. The van der Waals surface area contributed by atoms with Crippen LogP contribution in [-0.2, 0) is 9.53 Å². The van der Waals surface area contributed by atoms with Crippen LogP contribution in [0.4, 0.5) is 16.0 Å². The van der Waals surface area contributed by atoms with E-state index in [4.69, 9.17) is 4.74 Å². The molecule has 0 spiro atoms. The molecule has 1 aliphatic heterocycles. The normalized spacial score (nSPS) is 15.1. The summed E-state index contributed by atoms with van der Waals surface area (Å²) >= 11 is 0. The first-order valence-corrected chi connectivity index (χ1v) is 8.82. The van der Waals surface area contributed by atoms with Crippen LogP contribution in [0.2, 0.25) is 0 Å². The van der Waals surface area contributed by atoms with Gasteiger partial charge in [-0.15, -0.1) is 0 Å². The lowest BCUT2D eigenvalue weighted by Gasteiger charge is -2.28. The van der Waals surface area contributed by atoms with E-state index in [1.165, 1.54) is 35.0 Å². The molecule has 1 atom stereocenters. The minimum Gasteiger partial charge on any atom is -0.464 e. The number of Topliss-reactive ketones (excluding diaryl/α,β-unsaturated/α-hetero) is 1. The van der Waals surface area contributed by atoms with Crippen molar-refractivity contribution in [2.24, 2.45) is 0 Å². The summed E-state index contributed by atoms with van der Waals surface area (Å²) in [6.45, 7) is 0. The second kappa shape index (κ2) is 7.74. The van der Waals surface area contributed by atoms with Gasteiger partial charge < -0.3 is 10.1 Å². The number of aromatic nitrogens is 4. The average molecular weight is 424 g/mol. The van der Waals surface area contributed by atoms with Gasteiger partial charge in [-0.05, 0) is 40.3 Å². The Kier molecular flexibility index (Phi) is 4.95. The molecule has 0 unspecified atom stereocenters.